The van der Waals surface area contributed by atoms with Crippen LogP contribution in [0.15, 0.2) is 59.5 Å². The lowest BCUT2D eigenvalue weighted by molar-refractivity contribution is 0.102. The van der Waals surface area contributed by atoms with Crippen LogP contribution in [0.2, 0.25) is 0 Å². The molecule has 1 amide bonds. The minimum absolute atomic E-state index is 0.133. The molecule has 1 N–H and O–H groups in total. The topological polar surface area (TPSA) is 60.1 Å². The van der Waals surface area contributed by atoms with Crippen LogP contribution in [0.5, 0.6) is 0 Å². The van der Waals surface area contributed by atoms with Crippen molar-refractivity contribution in [3.05, 3.63) is 71.8 Å². The van der Waals surface area contributed by atoms with Gasteiger partial charge in [-0.2, -0.15) is 5.10 Å². The van der Waals surface area contributed by atoms with Crippen LogP contribution in [0.4, 0.5) is 5.82 Å². The van der Waals surface area contributed by atoms with Crippen molar-refractivity contribution in [2.45, 2.75) is 32.7 Å². The molecule has 24 heavy (non-hydrogen) atoms. The highest BCUT2D eigenvalue weighted by Gasteiger charge is 2.14. The molecule has 0 unspecified atom stereocenters. The second-order valence-corrected chi connectivity index (χ2v) is 6.79. The maximum absolute atomic E-state index is 12.1. The van der Waals surface area contributed by atoms with Crippen molar-refractivity contribution in [1.82, 2.24) is 9.78 Å². The Bertz CT molecular complexity index is 809. The van der Waals surface area contributed by atoms with Gasteiger partial charge in [0.2, 0.25) is 0 Å². The summed E-state index contributed by atoms with van der Waals surface area (Å²) in [7, 11) is 0. The number of nitrogens with one attached hydrogen (secondary N) is 1. The summed E-state index contributed by atoms with van der Waals surface area (Å²) in [6.07, 6.45) is 4.57. The predicted octanol–water partition coefficient (Wildman–Crippen LogP) is 4.07. The van der Waals surface area contributed by atoms with E-state index in [4.69, 9.17) is 4.42 Å². The van der Waals surface area contributed by atoms with Crippen LogP contribution in [0.25, 0.3) is 0 Å². The molecule has 0 aliphatic rings. The van der Waals surface area contributed by atoms with Gasteiger partial charge in [-0.15, -0.1) is 0 Å². The van der Waals surface area contributed by atoms with Gasteiger partial charge in [-0.3, -0.25) is 4.79 Å². The Balaban J connectivity index is 1.73. The number of nitrogens with zero attached hydrogens (tertiary/aromatic N) is 2. The van der Waals surface area contributed by atoms with Crippen molar-refractivity contribution in [2.75, 3.05) is 5.32 Å². The van der Waals surface area contributed by atoms with Gasteiger partial charge < -0.3 is 9.73 Å². The second kappa shape index (κ2) is 6.35. The summed E-state index contributed by atoms with van der Waals surface area (Å²) in [5, 5.41) is 7.15. The highest BCUT2D eigenvalue weighted by molar-refractivity contribution is 6.03. The fourth-order valence-corrected chi connectivity index (χ4v) is 2.43. The first kappa shape index (κ1) is 16.1. The molecule has 3 rings (SSSR count). The smallest absolute Gasteiger partial charge is 0.260 e. The maximum Gasteiger partial charge on any atom is 0.260 e. The summed E-state index contributed by atoms with van der Waals surface area (Å²) < 4.78 is 6.70. The van der Waals surface area contributed by atoms with E-state index >= 15 is 0 Å². The van der Waals surface area contributed by atoms with E-state index in [0.717, 1.165) is 5.56 Å². The van der Waals surface area contributed by atoms with Crippen LogP contribution < -0.4 is 5.32 Å². The van der Waals surface area contributed by atoms with E-state index in [9.17, 15) is 4.79 Å². The number of hydrogen-bond acceptors (Lipinski definition) is 3. The van der Waals surface area contributed by atoms with Crippen LogP contribution in [-0.4, -0.2) is 15.7 Å². The van der Waals surface area contributed by atoms with Gasteiger partial charge in [0.1, 0.15) is 12.1 Å². The molecule has 0 atom stereocenters. The number of amides is 1. The third kappa shape index (κ3) is 3.56. The number of benzene rings is 1. The van der Waals surface area contributed by atoms with Crippen LogP contribution in [-0.2, 0) is 12.0 Å². The van der Waals surface area contributed by atoms with E-state index in [1.165, 1.54) is 18.1 Å². The third-order valence-corrected chi connectivity index (χ3v) is 3.89. The molecule has 0 fully saturated rings. The fourth-order valence-electron chi connectivity index (χ4n) is 2.43. The monoisotopic (exact) mass is 323 g/mol. The summed E-state index contributed by atoms with van der Waals surface area (Å²) in [5.41, 5.74) is 3.04. The minimum atomic E-state index is -0.214. The summed E-state index contributed by atoms with van der Waals surface area (Å²) in [5.74, 6) is 0.440. The van der Waals surface area contributed by atoms with Crippen molar-refractivity contribution in [1.29, 1.82) is 0 Å². The SMILES string of the molecule is CC(C)(C)c1ccc(Cn2nccc2NC(=O)c2ccoc2)cc1. The first-order valence-electron chi connectivity index (χ1n) is 7.88. The summed E-state index contributed by atoms with van der Waals surface area (Å²) in [6, 6.07) is 11.9. The Hall–Kier alpha value is -2.82. The van der Waals surface area contributed by atoms with Crippen molar-refractivity contribution < 1.29 is 9.21 Å². The molecular formula is C19H21N3O2. The summed E-state index contributed by atoms with van der Waals surface area (Å²) >= 11 is 0. The lowest BCUT2D eigenvalue weighted by Crippen LogP contribution is -2.16. The van der Waals surface area contributed by atoms with E-state index in [1.54, 1.807) is 23.0 Å². The van der Waals surface area contributed by atoms with Crippen molar-refractivity contribution >= 4 is 11.7 Å². The first-order valence-corrected chi connectivity index (χ1v) is 7.88. The fraction of sp³-hybridized carbons (Fsp3) is 0.263. The predicted molar refractivity (Wildman–Crippen MR) is 93.1 cm³/mol. The average molecular weight is 323 g/mol. The molecule has 124 valence electrons. The largest absolute Gasteiger partial charge is 0.472 e. The van der Waals surface area contributed by atoms with Gasteiger partial charge in [0.25, 0.3) is 5.91 Å². The van der Waals surface area contributed by atoms with E-state index in [-0.39, 0.29) is 11.3 Å². The Morgan fingerprint density at radius 2 is 1.92 bits per heavy atom. The minimum Gasteiger partial charge on any atom is -0.472 e. The number of anilines is 1. The zero-order valence-electron chi connectivity index (χ0n) is 14.1. The van der Waals surface area contributed by atoms with E-state index in [0.29, 0.717) is 17.9 Å². The zero-order valence-corrected chi connectivity index (χ0v) is 14.1. The highest BCUT2D eigenvalue weighted by Crippen LogP contribution is 2.22. The number of carbonyl (C=O) groups is 1. The molecule has 2 aromatic heterocycles. The van der Waals surface area contributed by atoms with Gasteiger partial charge in [-0.25, -0.2) is 4.68 Å². The van der Waals surface area contributed by atoms with E-state index < -0.39 is 0 Å². The molecule has 5 nitrogen and oxygen atoms in total. The Labute approximate surface area is 141 Å². The van der Waals surface area contributed by atoms with Crippen LogP contribution in [0.3, 0.4) is 0 Å². The Morgan fingerprint density at radius 1 is 1.17 bits per heavy atom. The van der Waals surface area contributed by atoms with E-state index in [1.807, 2.05) is 0 Å². The summed E-state index contributed by atoms with van der Waals surface area (Å²) in [4.78, 5) is 12.1. The molecule has 0 saturated heterocycles. The number of hydrogen-bond donors (Lipinski definition) is 1. The molecule has 3 aromatic rings. The zero-order chi connectivity index (χ0) is 17.2. The van der Waals surface area contributed by atoms with Gasteiger partial charge in [0.15, 0.2) is 0 Å². The molecule has 0 bridgehead atoms. The molecule has 0 saturated carbocycles. The quantitative estimate of drug-likeness (QED) is 0.787. The Kier molecular flexibility index (Phi) is 4.25. The van der Waals surface area contributed by atoms with Gasteiger partial charge in [0, 0.05) is 6.07 Å². The number of furan rings is 1. The average Bonchev–Trinajstić information content (AvgIpc) is 3.19. The van der Waals surface area contributed by atoms with Crippen molar-refractivity contribution in [3.8, 4) is 0 Å². The summed E-state index contributed by atoms with van der Waals surface area (Å²) in [6.45, 7) is 7.18. The molecule has 2 heterocycles. The van der Waals surface area contributed by atoms with Gasteiger partial charge >= 0.3 is 0 Å². The Morgan fingerprint density at radius 3 is 2.54 bits per heavy atom. The molecule has 0 radical (unpaired) electrons. The molecular weight excluding hydrogens is 302 g/mol. The lowest BCUT2D eigenvalue weighted by Gasteiger charge is -2.19. The van der Waals surface area contributed by atoms with Gasteiger partial charge in [-0.05, 0) is 22.6 Å². The number of aromatic nitrogens is 2. The van der Waals surface area contributed by atoms with Crippen LogP contribution in [0, 0.1) is 0 Å². The van der Waals surface area contributed by atoms with Crippen LogP contribution >= 0.6 is 0 Å². The normalized spacial score (nSPS) is 11.5. The van der Waals surface area contributed by atoms with E-state index in [2.05, 4.69) is 55.5 Å². The van der Waals surface area contributed by atoms with Crippen molar-refractivity contribution in [2.24, 2.45) is 0 Å². The third-order valence-electron chi connectivity index (χ3n) is 3.89. The number of carbonyl (C=O) groups excluding carboxylic acids is 1. The number of rotatable bonds is 4. The highest BCUT2D eigenvalue weighted by atomic mass is 16.3. The molecule has 0 spiro atoms. The van der Waals surface area contributed by atoms with Crippen LogP contribution in [0.1, 0.15) is 42.3 Å². The molecule has 0 aliphatic heterocycles. The van der Waals surface area contributed by atoms with Gasteiger partial charge in [-0.1, -0.05) is 45.0 Å². The standard InChI is InChI=1S/C19H21N3O2/c1-19(2,3)16-6-4-14(5-7-16)12-22-17(8-10-20-22)21-18(23)15-9-11-24-13-15/h4-11,13H,12H2,1-3H3,(H,21,23). The molecule has 1 aromatic carbocycles. The second-order valence-electron chi connectivity index (χ2n) is 6.79. The lowest BCUT2D eigenvalue weighted by atomic mass is 9.87. The molecule has 5 heteroatoms. The van der Waals surface area contributed by atoms with Crippen molar-refractivity contribution in [3.63, 3.8) is 0 Å². The maximum atomic E-state index is 12.1. The first-order chi connectivity index (χ1) is 11.4. The van der Waals surface area contributed by atoms with Gasteiger partial charge in [0.05, 0.1) is 24.6 Å². The molecule has 0 aliphatic carbocycles.